The molecule has 0 amide bonds. The largest absolute Gasteiger partial charge is 0.440 e. The van der Waals surface area contributed by atoms with E-state index in [0.29, 0.717) is 22.8 Å². The van der Waals surface area contributed by atoms with Gasteiger partial charge in [0.25, 0.3) is 0 Å². The van der Waals surface area contributed by atoms with Gasteiger partial charge in [-0.15, -0.1) is 0 Å². The minimum atomic E-state index is -0.272. The molecule has 1 aliphatic carbocycles. The van der Waals surface area contributed by atoms with Gasteiger partial charge in [0.2, 0.25) is 5.88 Å². The Kier molecular flexibility index (Phi) is 4.70. The minimum Gasteiger partial charge on any atom is -0.440 e. The maximum absolute atomic E-state index is 13.3. The van der Waals surface area contributed by atoms with E-state index in [1.807, 2.05) is 102 Å². The number of carbonyl (C=O) groups excluding carboxylic acids is 2. The average Bonchev–Trinajstić information content (AvgIpc) is 3.44. The first-order chi connectivity index (χ1) is 16.7. The normalized spacial score (nSPS) is 14.1. The van der Waals surface area contributed by atoms with Crippen LogP contribution < -0.4 is 4.90 Å². The number of hydrogen-bond acceptors (Lipinski definition) is 4. The SMILES string of the molecule is O=C1/C(=C\c2ccc(N(c3ccccc3)c3ccccc3)o2)C(=O)c2c1ccc1ccccc21. The van der Waals surface area contributed by atoms with E-state index in [4.69, 9.17) is 4.42 Å². The van der Waals surface area contributed by atoms with Crippen LogP contribution in [0.15, 0.2) is 119 Å². The molecule has 0 N–H and O–H groups in total. The van der Waals surface area contributed by atoms with Gasteiger partial charge in [-0.3, -0.25) is 14.5 Å². The zero-order valence-electron chi connectivity index (χ0n) is 18.1. The molecule has 1 aromatic heterocycles. The van der Waals surface area contributed by atoms with Gasteiger partial charge in [0, 0.05) is 28.6 Å². The highest BCUT2D eigenvalue weighted by Gasteiger charge is 2.34. The van der Waals surface area contributed by atoms with E-state index in [1.165, 1.54) is 0 Å². The summed E-state index contributed by atoms with van der Waals surface area (Å²) in [6.45, 7) is 0. The highest BCUT2D eigenvalue weighted by atomic mass is 16.4. The van der Waals surface area contributed by atoms with Crippen LogP contribution in [0.5, 0.6) is 0 Å². The molecule has 0 spiro atoms. The zero-order chi connectivity index (χ0) is 23.1. The Morgan fingerprint density at radius 1 is 0.618 bits per heavy atom. The minimum absolute atomic E-state index is 0.123. The number of allylic oxidation sites excluding steroid dienone is 1. The third-order valence-corrected chi connectivity index (χ3v) is 6.04. The third-order valence-electron chi connectivity index (χ3n) is 6.04. The molecule has 0 saturated carbocycles. The number of anilines is 3. The van der Waals surface area contributed by atoms with Crippen molar-refractivity contribution in [2.75, 3.05) is 4.90 Å². The van der Waals surface area contributed by atoms with Gasteiger partial charge in [0.05, 0.1) is 5.57 Å². The topological polar surface area (TPSA) is 50.5 Å². The van der Waals surface area contributed by atoms with Gasteiger partial charge in [-0.2, -0.15) is 0 Å². The van der Waals surface area contributed by atoms with Crippen molar-refractivity contribution >= 4 is 45.7 Å². The smallest absolute Gasteiger partial charge is 0.205 e. The summed E-state index contributed by atoms with van der Waals surface area (Å²) in [5, 5.41) is 1.73. The van der Waals surface area contributed by atoms with E-state index < -0.39 is 0 Å². The molecule has 1 heterocycles. The quantitative estimate of drug-likeness (QED) is 0.216. The number of fused-ring (bicyclic) bond motifs is 3. The number of rotatable bonds is 4. The van der Waals surface area contributed by atoms with Crippen molar-refractivity contribution in [1.82, 2.24) is 0 Å². The monoisotopic (exact) mass is 441 g/mol. The highest BCUT2D eigenvalue weighted by Crippen LogP contribution is 2.37. The van der Waals surface area contributed by atoms with Crippen LogP contribution in [-0.4, -0.2) is 11.6 Å². The van der Waals surface area contributed by atoms with Gasteiger partial charge < -0.3 is 4.42 Å². The molecule has 0 unspecified atom stereocenters. The van der Waals surface area contributed by atoms with Crippen LogP contribution in [0, 0.1) is 0 Å². The van der Waals surface area contributed by atoms with Crippen molar-refractivity contribution in [3.8, 4) is 0 Å². The number of para-hydroxylation sites is 2. The fraction of sp³-hybridized carbons (Fsp3) is 0. The molecule has 0 fully saturated rings. The van der Waals surface area contributed by atoms with Gasteiger partial charge in [-0.25, -0.2) is 0 Å². The van der Waals surface area contributed by atoms with Crippen molar-refractivity contribution in [2.24, 2.45) is 0 Å². The number of Topliss-reactive ketones (excluding diaryl/α,β-unsaturated/α-hetero) is 2. The Labute approximate surface area is 196 Å². The summed E-state index contributed by atoms with van der Waals surface area (Å²) < 4.78 is 6.14. The lowest BCUT2D eigenvalue weighted by Crippen LogP contribution is -2.08. The Hall–Kier alpha value is -4.70. The summed E-state index contributed by atoms with van der Waals surface area (Å²) in [7, 11) is 0. The number of furan rings is 1. The van der Waals surface area contributed by atoms with Crippen LogP contribution in [0.2, 0.25) is 0 Å². The third kappa shape index (κ3) is 3.24. The van der Waals surface area contributed by atoms with Crippen LogP contribution in [-0.2, 0) is 0 Å². The fourth-order valence-corrected chi connectivity index (χ4v) is 4.46. The number of benzene rings is 4. The first kappa shape index (κ1) is 19.9. The molecule has 0 aliphatic heterocycles. The molecule has 0 radical (unpaired) electrons. The molecule has 0 atom stereocenters. The number of hydrogen-bond donors (Lipinski definition) is 0. The van der Waals surface area contributed by atoms with Gasteiger partial charge in [-0.05, 0) is 53.2 Å². The first-order valence-electron chi connectivity index (χ1n) is 11.0. The zero-order valence-corrected chi connectivity index (χ0v) is 18.1. The molecule has 4 aromatic carbocycles. The molecular weight excluding hydrogens is 422 g/mol. The predicted molar refractivity (Wildman–Crippen MR) is 134 cm³/mol. The van der Waals surface area contributed by atoms with E-state index in [-0.39, 0.29) is 17.1 Å². The van der Waals surface area contributed by atoms with Crippen LogP contribution in [0.4, 0.5) is 17.3 Å². The highest BCUT2D eigenvalue weighted by molar-refractivity contribution is 6.43. The fourth-order valence-electron chi connectivity index (χ4n) is 4.46. The van der Waals surface area contributed by atoms with Crippen molar-refractivity contribution in [2.45, 2.75) is 0 Å². The summed E-state index contributed by atoms with van der Waals surface area (Å²) in [5.74, 6) is 0.496. The van der Waals surface area contributed by atoms with Crippen molar-refractivity contribution in [3.05, 3.63) is 132 Å². The van der Waals surface area contributed by atoms with Gasteiger partial charge >= 0.3 is 0 Å². The summed E-state index contributed by atoms with van der Waals surface area (Å²) >= 11 is 0. The molecule has 5 aromatic rings. The number of nitrogens with zero attached hydrogens (tertiary/aromatic N) is 1. The maximum atomic E-state index is 13.3. The summed E-state index contributed by atoms with van der Waals surface area (Å²) in [6, 6.07) is 34.6. The van der Waals surface area contributed by atoms with Gasteiger partial charge in [-0.1, -0.05) is 66.7 Å². The second-order valence-corrected chi connectivity index (χ2v) is 8.11. The second-order valence-electron chi connectivity index (χ2n) is 8.11. The molecule has 162 valence electrons. The second kappa shape index (κ2) is 8.01. The molecule has 6 rings (SSSR count). The van der Waals surface area contributed by atoms with Crippen molar-refractivity contribution in [3.63, 3.8) is 0 Å². The standard InChI is InChI=1S/C30H19NO3/c32-29-25-17-15-20-9-7-8-14-24(20)28(25)30(33)26(29)19-23-16-18-27(34-23)31(21-10-3-1-4-11-21)22-12-5-2-6-13-22/h1-19H/b26-19+. The molecular formula is C30H19NO3. The van der Waals surface area contributed by atoms with Crippen LogP contribution >= 0.6 is 0 Å². The van der Waals surface area contributed by atoms with Crippen LogP contribution in [0.1, 0.15) is 26.5 Å². The maximum Gasteiger partial charge on any atom is 0.205 e. The Bertz CT molecular complexity index is 1540. The lowest BCUT2D eigenvalue weighted by molar-refractivity contribution is 0.0990. The lowest BCUT2D eigenvalue weighted by atomic mass is 10.0. The Morgan fingerprint density at radius 3 is 1.97 bits per heavy atom. The van der Waals surface area contributed by atoms with Crippen LogP contribution in [0.25, 0.3) is 16.8 Å². The van der Waals surface area contributed by atoms with E-state index in [1.54, 1.807) is 18.2 Å². The predicted octanol–water partition coefficient (Wildman–Crippen LogP) is 7.37. The van der Waals surface area contributed by atoms with Gasteiger partial charge in [0.15, 0.2) is 11.6 Å². The molecule has 1 aliphatic rings. The Morgan fingerprint density at radius 2 is 1.26 bits per heavy atom. The van der Waals surface area contributed by atoms with E-state index in [0.717, 1.165) is 22.1 Å². The van der Waals surface area contributed by atoms with Crippen molar-refractivity contribution in [1.29, 1.82) is 0 Å². The summed E-state index contributed by atoms with van der Waals surface area (Å²) in [6.07, 6.45) is 1.55. The molecule has 0 bridgehead atoms. The molecule has 4 heteroatoms. The summed E-state index contributed by atoms with van der Waals surface area (Å²) in [5.41, 5.74) is 2.91. The Balaban J connectivity index is 1.41. The van der Waals surface area contributed by atoms with E-state index in [2.05, 4.69) is 0 Å². The van der Waals surface area contributed by atoms with E-state index in [9.17, 15) is 9.59 Å². The summed E-state index contributed by atoms with van der Waals surface area (Å²) in [4.78, 5) is 28.4. The first-order valence-corrected chi connectivity index (χ1v) is 11.0. The van der Waals surface area contributed by atoms with Crippen molar-refractivity contribution < 1.29 is 14.0 Å². The molecule has 0 saturated heterocycles. The number of carbonyl (C=O) groups is 2. The van der Waals surface area contributed by atoms with Crippen LogP contribution in [0.3, 0.4) is 0 Å². The lowest BCUT2D eigenvalue weighted by Gasteiger charge is -2.22. The van der Waals surface area contributed by atoms with E-state index >= 15 is 0 Å². The van der Waals surface area contributed by atoms with Gasteiger partial charge in [0.1, 0.15) is 5.76 Å². The average molecular weight is 441 g/mol. The molecule has 34 heavy (non-hydrogen) atoms. The number of ketones is 2. The molecule has 4 nitrogen and oxygen atoms in total.